The molecule has 0 aliphatic heterocycles. The smallest absolute Gasteiger partial charge is 0.0194 e. The molecule has 0 unspecified atom stereocenters. The maximum absolute atomic E-state index is 6.64. The maximum atomic E-state index is 6.64. The van der Waals surface area contributed by atoms with Gasteiger partial charge in [0.2, 0.25) is 0 Å². The molecule has 46 valence electrons. The van der Waals surface area contributed by atoms with Gasteiger partial charge in [-0.15, -0.1) is 0 Å². The zero-order valence-corrected chi connectivity index (χ0v) is 5.31. The second kappa shape index (κ2) is 3.24. The molecule has 0 spiro atoms. The first-order chi connectivity index (χ1) is 3.68. The van der Waals surface area contributed by atoms with Gasteiger partial charge < -0.3 is 11.1 Å². The van der Waals surface area contributed by atoms with Crippen LogP contribution in [0.2, 0.25) is 0 Å². The zero-order chi connectivity index (χ0) is 6.57. The summed E-state index contributed by atoms with van der Waals surface area (Å²) in [6.45, 7) is 3.99. The molecule has 0 saturated heterocycles. The van der Waals surface area contributed by atoms with E-state index in [0.29, 0.717) is 5.92 Å². The number of hydrogen-bond donors (Lipinski definition) is 2. The summed E-state index contributed by atoms with van der Waals surface area (Å²) in [5.41, 5.74) is 6.20. The van der Waals surface area contributed by atoms with Crippen molar-refractivity contribution in [1.29, 1.82) is 5.41 Å². The number of rotatable bonds is 2. The molecular weight excluding hydrogens is 100 g/mol. The predicted octanol–water partition coefficient (Wildman–Crippen LogP) is 1.13. The summed E-state index contributed by atoms with van der Waals surface area (Å²) < 4.78 is 0. The SMILES string of the molecule is CC(C)/C(N)=C/C=N. The second-order valence-corrected chi connectivity index (χ2v) is 1.99. The summed E-state index contributed by atoms with van der Waals surface area (Å²) in [4.78, 5) is 0. The lowest BCUT2D eigenvalue weighted by Crippen LogP contribution is -2.04. The van der Waals surface area contributed by atoms with Crippen LogP contribution >= 0.6 is 0 Å². The van der Waals surface area contributed by atoms with Gasteiger partial charge in [0.05, 0.1) is 0 Å². The lowest BCUT2D eigenvalue weighted by atomic mass is 10.1. The molecule has 0 aromatic heterocycles. The first-order valence-electron chi connectivity index (χ1n) is 2.64. The number of allylic oxidation sites excluding steroid dienone is 2. The lowest BCUT2D eigenvalue weighted by Gasteiger charge is -2.00. The van der Waals surface area contributed by atoms with Crippen molar-refractivity contribution in [3.05, 3.63) is 11.8 Å². The van der Waals surface area contributed by atoms with Gasteiger partial charge in [-0.1, -0.05) is 13.8 Å². The molecule has 0 radical (unpaired) electrons. The highest BCUT2D eigenvalue weighted by molar-refractivity contribution is 5.68. The van der Waals surface area contributed by atoms with Crippen LogP contribution in [0.5, 0.6) is 0 Å². The zero-order valence-electron chi connectivity index (χ0n) is 5.31. The van der Waals surface area contributed by atoms with Crippen LogP contribution in [-0.4, -0.2) is 6.21 Å². The number of nitrogens with two attached hydrogens (primary N) is 1. The predicted molar refractivity (Wildman–Crippen MR) is 35.9 cm³/mol. The fourth-order valence-corrected chi connectivity index (χ4v) is 0.289. The van der Waals surface area contributed by atoms with Gasteiger partial charge in [0.25, 0.3) is 0 Å². The van der Waals surface area contributed by atoms with Gasteiger partial charge in [0, 0.05) is 11.9 Å². The Kier molecular flexibility index (Phi) is 2.92. The van der Waals surface area contributed by atoms with E-state index >= 15 is 0 Å². The standard InChI is InChI=1S/C6H12N2/c1-5(2)6(8)3-4-7/h3-5,7H,8H2,1-2H3/b6-3-,7-4?. The fourth-order valence-electron chi connectivity index (χ4n) is 0.289. The molecular formula is C6H12N2. The van der Waals surface area contributed by atoms with Crippen LogP contribution in [0.1, 0.15) is 13.8 Å². The highest BCUT2D eigenvalue weighted by Gasteiger charge is 1.92. The summed E-state index contributed by atoms with van der Waals surface area (Å²) >= 11 is 0. The largest absolute Gasteiger partial charge is 0.402 e. The van der Waals surface area contributed by atoms with Crippen LogP contribution in [0.4, 0.5) is 0 Å². The Labute approximate surface area is 49.9 Å². The van der Waals surface area contributed by atoms with Gasteiger partial charge in [-0.3, -0.25) is 0 Å². The summed E-state index contributed by atoms with van der Waals surface area (Å²) in [5.74, 6) is 0.358. The van der Waals surface area contributed by atoms with E-state index in [1.165, 1.54) is 6.21 Å². The molecule has 0 bridgehead atoms. The molecule has 0 aliphatic rings. The molecule has 0 atom stereocenters. The Morgan fingerprint density at radius 2 is 2.12 bits per heavy atom. The summed E-state index contributed by atoms with van der Waals surface area (Å²) in [5, 5.41) is 6.64. The van der Waals surface area contributed by atoms with E-state index in [0.717, 1.165) is 5.70 Å². The van der Waals surface area contributed by atoms with Gasteiger partial charge in [-0.25, -0.2) is 0 Å². The Bertz CT molecular complexity index is 103. The van der Waals surface area contributed by atoms with Crippen LogP contribution < -0.4 is 5.73 Å². The van der Waals surface area contributed by atoms with Gasteiger partial charge in [-0.2, -0.15) is 0 Å². The topological polar surface area (TPSA) is 49.9 Å². The minimum absolute atomic E-state index is 0.358. The minimum Gasteiger partial charge on any atom is -0.402 e. The van der Waals surface area contributed by atoms with Crippen molar-refractivity contribution in [3.63, 3.8) is 0 Å². The molecule has 0 heterocycles. The molecule has 3 N–H and O–H groups in total. The molecule has 2 nitrogen and oxygen atoms in total. The van der Waals surface area contributed by atoms with E-state index in [9.17, 15) is 0 Å². The monoisotopic (exact) mass is 112 g/mol. The third-order valence-electron chi connectivity index (χ3n) is 0.942. The molecule has 2 heteroatoms. The summed E-state index contributed by atoms with van der Waals surface area (Å²) in [6, 6.07) is 0. The molecule has 0 aliphatic carbocycles. The Balaban J connectivity index is 3.78. The van der Waals surface area contributed by atoms with Crippen molar-refractivity contribution in [1.82, 2.24) is 0 Å². The van der Waals surface area contributed by atoms with E-state index in [1.807, 2.05) is 13.8 Å². The van der Waals surface area contributed by atoms with Crippen LogP contribution in [0.25, 0.3) is 0 Å². The van der Waals surface area contributed by atoms with Crippen LogP contribution in [-0.2, 0) is 0 Å². The van der Waals surface area contributed by atoms with Gasteiger partial charge in [-0.05, 0) is 12.0 Å². The van der Waals surface area contributed by atoms with Crippen molar-refractivity contribution < 1.29 is 0 Å². The fraction of sp³-hybridized carbons (Fsp3) is 0.500. The maximum Gasteiger partial charge on any atom is 0.0194 e. The van der Waals surface area contributed by atoms with Gasteiger partial charge in [0.1, 0.15) is 0 Å². The third kappa shape index (κ3) is 2.39. The molecule has 0 saturated carbocycles. The normalized spacial score (nSPS) is 12.1. The van der Waals surface area contributed by atoms with Gasteiger partial charge in [0.15, 0.2) is 0 Å². The molecule has 0 rings (SSSR count). The average molecular weight is 112 g/mol. The molecule has 0 fully saturated rings. The van der Waals surface area contributed by atoms with Crippen LogP contribution in [0, 0.1) is 11.3 Å². The first-order valence-corrected chi connectivity index (χ1v) is 2.64. The molecule has 8 heavy (non-hydrogen) atoms. The summed E-state index contributed by atoms with van der Waals surface area (Å²) in [7, 11) is 0. The second-order valence-electron chi connectivity index (χ2n) is 1.99. The average Bonchev–Trinajstić information content (AvgIpc) is 1.67. The van der Waals surface area contributed by atoms with Crippen molar-refractivity contribution in [2.24, 2.45) is 11.7 Å². The highest BCUT2D eigenvalue weighted by atomic mass is 14.6. The Hall–Kier alpha value is -0.790. The highest BCUT2D eigenvalue weighted by Crippen LogP contribution is 1.99. The van der Waals surface area contributed by atoms with E-state index in [4.69, 9.17) is 11.1 Å². The Morgan fingerprint density at radius 3 is 2.25 bits per heavy atom. The van der Waals surface area contributed by atoms with Crippen molar-refractivity contribution in [2.45, 2.75) is 13.8 Å². The van der Waals surface area contributed by atoms with E-state index in [-0.39, 0.29) is 0 Å². The third-order valence-corrected chi connectivity index (χ3v) is 0.942. The van der Waals surface area contributed by atoms with E-state index in [1.54, 1.807) is 6.08 Å². The van der Waals surface area contributed by atoms with E-state index < -0.39 is 0 Å². The molecule has 0 aromatic rings. The van der Waals surface area contributed by atoms with Crippen LogP contribution in [0.3, 0.4) is 0 Å². The molecule has 0 amide bonds. The Morgan fingerprint density at radius 1 is 1.62 bits per heavy atom. The number of hydrogen-bond acceptors (Lipinski definition) is 2. The van der Waals surface area contributed by atoms with Gasteiger partial charge >= 0.3 is 0 Å². The molecule has 0 aromatic carbocycles. The van der Waals surface area contributed by atoms with Crippen molar-refractivity contribution in [2.75, 3.05) is 0 Å². The quantitative estimate of drug-likeness (QED) is 0.517. The van der Waals surface area contributed by atoms with Crippen molar-refractivity contribution in [3.8, 4) is 0 Å². The lowest BCUT2D eigenvalue weighted by molar-refractivity contribution is 0.759. The summed E-state index contributed by atoms with van der Waals surface area (Å²) in [6.07, 6.45) is 2.81. The van der Waals surface area contributed by atoms with Crippen LogP contribution in [0.15, 0.2) is 11.8 Å². The minimum atomic E-state index is 0.358. The first kappa shape index (κ1) is 7.21. The van der Waals surface area contributed by atoms with Crippen molar-refractivity contribution >= 4 is 6.21 Å². The van der Waals surface area contributed by atoms with E-state index in [2.05, 4.69) is 0 Å². The number of nitrogens with one attached hydrogen (secondary N) is 1.